The van der Waals surface area contributed by atoms with Crippen molar-refractivity contribution < 1.29 is 34.1 Å². The number of Topliss-reactive ketones (excluding diaryl/α,β-unsaturated/α-hetero) is 2. The molecule has 3 aliphatic heterocycles. The van der Waals surface area contributed by atoms with Crippen molar-refractivity contribution in [2.75, 3.05) is 6.61 Å². The van der Waals surface area contributed by atoms with Crippen LogP contribution in [0.2, 0.25) is 0 Å². The van der Waals surface area contributed by atoms with Crippen molar-refractivity contribution >= 4 is 17.5 Å². The SMILES string of the molecule is C[C@H]1C[C@](O)([C@@H]2CC[C@@H]3[C@@H](C2)C(=O)[C@@H](O)[C@@H]2C(C)(C)[C@H]4CC(=O)[C@@]32CO4)C(=O)O1. The number of hydrogen-bond acceptors (Lipinski definition) is 7. The number of hydrogen-bond donors (Lipinski definition) is 2. The predicted octanol–water partition coefficient (Wildman–Crippen LogP) is 1.03. The van der Waals surface area contributed by atoms with Gasteiger partial charge in [0.05, 0.1) is 18.1 Å². The molecule has 6 rings (SSSR count). The van der Waals surface area contributed by atoms with E-state index in [2.05, 4.69) is 0 Å². The molecule has 160 valence electrons. The number of ether oxygens (including phenoxy) is 2. The Kier molecular flexibility index (Phi) is 3.99. The van der Waals surface area contributed by atoms with Gasteiger partial charge in [-0.15, -0.1) is 0 Å². The monoisotopic (exact) mass is 406 g/mol. The summed E-state index contributed by atoms with van der Waals surface area (Å²) >= 11 is 0. The molecule has 3 heterocycles. The fraction of sp³-hybridized carbons (Fsp3) is 0.864. The van der Waals surface area contributed by atoms with Gasteiger partial charge in [0.2, 0.25) is 0 Å². The van der Waals surface area contributed by atoms with Gasteiger partial charge in [-0.05, 0) is 43.4 Å². The van der Waals surface area contributed by atoms with Crippen LogP contribution in [0.15, 0.2) is 0 Å². The quantitative estimate of drug-likeness (QED) is 0.626. The second-order valence-electron chi connectivity index (χ2n) is 10.7. The third-order valence-corrected chi connectivity index (χ3v) is 9.02. The lowest BCUT2D eigenvalue weighted by Gasteiger charge is -2.66. The molecule has 0 aromatic heterocycles. The summed E-state index contributed by atoms with van der Waals surface area (Å²) in [5.41, 5.74) is -2.91. The Hall–Kier alpha value is -1.31. The molecule has 0 radical (unpaired) electrons. The third kappa shape index (κ3) is 2.27. The number of esters is 1. The summed E-state index contributed by atoms with van der Waals surface area (Å²) < 4.78 is 11.3. The van der Waals surface area contributed by atoms with Crippen LogP contribution in [0.3, 0.4) is 0 Å². The lowest BCUT2D eigenvalue weighted by atomic mass is 9.40. The molecule has 7 heteroatoms. The lowest BCUT2D eigenvalue weighted by Crippen LogP contribution is -2.74. The van der Waals surface area contributed by atoms with E-state index < -0.39 is 46.3 Å². The van der Waals surface area contributed by atoms with Crippen LogP contribution in [0, 0.1) is 34.5 Å². The highest BCUT2D eigenvalue weighted by molar-refractivity contribution is 5.95. The molecule has 6 fully saturated rings. The molecule has 2 N–H and O–H groups in total. The Morgan fingerprint density at radius 2 is 1.86 bits per heavy atom. The summed E-state index contributed by atoms with van der Waals surface area (Å²) in [6, 6.07) is 0. The first-order valence-corrected chi connectivity index (χ1v) is 10.8. The van der Waals surface area contributed by atoms with Crippen molar-refractivity contribution in [2.45, 2.75) is 76.8 Å². The number of aliphatic hydroxyl groups is 2. The van der Waals surface area contributed by atoms with Gasteiger partial charge in [0, 0.05) is 24.7 Å². The summed E-state index contributed by atoms with van der Waals surface area (Å²) in [7, 11) is 0. The number of aliphatic hydroxyl groups excluding tert-OH is 1. The lowest BCUT2D eigenvalue weighted by molar-refractivity contribution is -0.263. The van der Waals surface area contributed by atoms with Crippen molar-refractivity contribution in [2.24, 2.45) is 34.5 Å². The molecule has 3 saturated carbocycles. The second-order valence-corrected chi connectivity index (χ2v) is 10.7. The normalized spacial score (nSPS) is 53.4. The van der Waals surface area contributed by atoms with E-state index >= 15 is 0 Å². The van der Waals surface area contributed by atoms with Crippen molar-refractivity contribution in [3.8, 4) is 0 Å². The minimum Gasteiger partial charge on any atom is -0.460 e. The van der Waals surface area contributed by atoms with Gasteiger partial charge in [0.15, 0.2) is 11.4 Å². The second kappa shape index (κ2) is 5.89. The average Bonchev–Trinajstić information content (AvgIpc) is 2.93. The first-order chi connectivity index (χ1) is 13.5. The molecule has 9 atom stereocenters. The number of cyclic esters (lactones) is 1. The van der Waals surface area contributed by atoms with Crippen LogP contribution in [0.25, 0.3) is 0 Å². The van der Waals surface area contributed by atoms with Crippen LogP contribution >= 0.6 is 0 Å². The fourth-order valence-electron chi connectivity index (χ4n) is 7.67. The Morgan fingerprint density at radius 1 is 1.14 bits per heavy atom. The van der Waals surface area contributed by atoms with Crippen molar-refractivity contribution in [1.29, 1.82) is 0 Å². The molecule has 0 unspecified atom stereocenters. The number of ketones is 2. The van der Waals surface area contributed by atoms with Gasteiger partial charge in [-0.2, -0.15) is 0 Å². The number of fused-ring (bicyclic) bond motifs is 3. The van der Waals surface area contributed by atoms with Crippen LogP contribution in [0.5, 0.6) is 0 Å². The highest BCUT2D eigenvalue weighted by Gasteiger charge is 2.73. The molecule has 3 saturated heterocycles. The smallest absolute Gasteiger partial charge is 0.338 e. The Balaban J connectivity index is 1.52. The predicted molar refractivity (Wildman–Crippen MR) is 99.5 cm³/mol. The molecule has 6 aliphatic rings. The molecular formula is C22H30O7. The van der Waals surface area contributed by atoms with E-state index in [0.29, 0.717) is 25.7 Å². The summed E-state index contributed by atoms with van der Waals surface area (Å²) in [6.45, 7) is 5.98. The minimum absolute atomic E-state index is 0.102. The van der Waals surface area contributed by atoms with E-state index in [1.807, 2.05) is 13.8 Å². The Labute approximate surface area is 170 Å². The van der Waals surface area contributed by atoms with Gasteiger partial charge in [-0.1, -0.05) is 13.8 Å². The average molecular weight is 406 g/mol. The van der Waals surface area contributed by atoms with Gasteiger partial charge >= 0.3 is 5.97 Å². The maximum absolute atomic E-state index is 13.3. The van der Waals surface area contributed by atoms with Gasteiger partial charge in [0.25, 0.3) is 0 Å². The Bertz CT molecular complexity index is 790. The number of carbonyl (C=O) groups excluding carboxylic acids is 3. The molecule has 7 nitrogen and oxygen atoms in total. The van der Waals surface area contributed by atoms with Crippen LogP contribution in [0.1, 0.15) is 52.9 Å². The van der Waals surface area contributed by atoms with E-state index in [1.165, 1.54) is 0 Å². The van der Waals surface area contributed by atoms with Crippen molar-refractivity contribution in [1.82, 2.24) is 0 Å². The number of rotatable bonds is 1. The van der Waals surface area contributed by atoms with Gasteiger partial charge in [-0.3, -0.25) is 9.59 Å². The largest absolute Gasteiger partial charge is 0.460 e. The van der Waals surface area contributed by atoms with E-state index in [4.69, 9.17) is 9.47 Å². The summed E-state index contributed by atoms with van der Waals surface area (Å²) in [5.74, 6) is -2.38. The summed E-state index contributed by atoms with van der Waals surface area (Å²) in [6.07, 6.45) is 0.103. The minimum atomic E-state index is -1.59. The molecule has 0 aromatic rings. The van der Waals surface area contributed by atoms with Gasteiger partial charge < -0.3 is 19.7 Å². The van der Waals surface area contributed by atoms with E-state index in [1.54, 1.807) is 6.92 Å². The zero-order valence-electron chi connectivity index (χ0n) is 17.2. The molecular weight excluding hydrogens is 376 g/mol. The number of carbonyl (C=O) groups is 3. The highest BCUT2D eigenvalue weighted by atomic mass is 16.6. The van der Waals surface area contributed by atoms with E-state index in [0.717, 1.165) is 0 Å². The van der Waals surface area contributed by atoms with E-state index in [9.17, 15) is 24.6 Å². The summed E-state index contributed by atoms with van der Waals surface area (Å²) in [5, 5.41) is 22.1. The van der Waals surface area contributed by atoms with Gasteiger partial charge in [0.1, 0.15) is 18.0 Å². The van der Waals surface area contributed by atoms with Crippen LogP contribution < -0.4 is 0 Å². The van der Waals surface area contributed by atoms with Crippen molar-refractivity contribution in [3.05, 3.63) is 0 Å². The van der Waals surface area contributed by atoms with Crippen LogP contribution in [0.4, 0.5) is 0 Å². The van der Waals surface area contributed by atoms with Gasteiger partial charge in [-0.25, -0.2) is 4.79 Å². The molecule has 3 aliphatic carbocycles. The molecule has 0 amide bonds. The van der Waals surface area contributed by atoms with Crippen LogP contribution in [-0.2, 0) is 23.9 Å². The van der Waals surface area contributed by atoms with Crippen molar-refractivity contribution in [3.63, 3.8) is 0 Å². The summed E-state index contributed by atoms with van der Waals surface area (Å²) in [4.78, 5) is 38.9. The van der Waals surface area contributed by atoms with E-state index in [-0.39, 0.29) is 42.7 Å². The zero-order chi connectivity index (χ0) is 20.9. The topological polar surface area (TPSA) is 110 Å². The maximum Gasteiger partial charge on any atom is 0.338 e. The molecule has 29 heavy (non-hydrogen) atoms. The molecule has 1 spiro atoms. The Morgan fingerprint density at radius 3 is 2.48 bits per heavy atom. The first-order valence-electron chi connectivity index (χ1n) is 10.8. The third-order valence-electron chi connectivity index (χ3n) is 9.02. The zero-order valence-corrected chi connectivity index (χ0v) is 17.2. The maximum atomic E-state index is 13.3. The van der Waals surface area contributed by atoms with Crippen LogP contribution in [-0.4, -0.2) is 58.3 Å². The fourth-order valence-corrected chi connectivity index (χ4v) is 7.67. The molecule has 0 aromatic carbocycles. The standard InChI is InChI=1S/C22H30O7/c1-10-8-22(27,19(26)29-10)11-4-5-13-12(6-11)16(24)17(25)18-20(2,3)15-7-14(23)21(13,18)9-28-15/h10-13,15,17-18,25,27H,4-9H2,1-3H3/t10-,11+,12+,13+,15+,17+,18+,21+,22-/m0/s1. The first kappa shape index (κ1) is 19.6. The molecule has 2 bridgehead atoms. The highest BCUT2D eigenvalue weighted by Crippen LogP contribution is 2.65.